The highest BCUT2D eigenvalue weighted by Crippen LogP contribution is 2.59. The summed E-state index contributed by atoms with van der Waals surface area (Å²) in [6.07, 6.45) is 6.97. The number of aliphatic carboxylic acids is 1. The smallest absolute Gasteiger partial charge is 0.330 e. The summed E-state index contributed by atoms with van der Waals surface area (Å²) in [5.41, 5.74) is 0.0321. The van der Waals surface area contributed by atoms with Gasteiger partial charge in [-0.25, -0.2) is 13.2 Å². The second-order valence-corrected chi connectivity index (χ2v) is 13.1. The maximum atomic E-state index is 14.4. The number of unbranched alkanes of at least 4 members (excludes halogenated alkanes) is 4. The molecular weight excluding hydrogens is 506 g/mol. The largest absolute Gasteiger partial charge is 0.480 e. The van der Waals surface area contributed by atoms with Gasteiger partial charge in [0, 0.05) is 12.5 Å². The lowest BCUT2D eigenvalue weighted by Crippen LogP contribution is -2.64. The van der Waals surface area contributed by atoms with Gasteiger partial charge in [0.1, 0.15) is 0 Å². The van der Waals surface area contributed by atoms with Gasteiger partial charge in [-0.2, -0.15) is 4.31 Å². The second-order valence-electron chi connectivity index (χ2n) is 11.2. The molecule has 3 aromatic rings. The number of hydrogen-bond donors (Lipinski definition) is 1. The number of piperidine rings is 1. The van der Waals surface area contributed by atoms with E-state index < -0.39 is 32.9 Å². The molecule has 0 amide bonds. The fourth-order valence-electron chi connectivity index (χ4n) is 6.52. The lowest BCUT2D eigenvalue weighted by atomic mass is 9.56. The predicted octanol–water partition coefficient (Wildman–Crippen LogP) is 7.52. The first-order chi connectivity index (χ1) is 18.7. The number of carboxylic acids is 1. The topological polar surface area (TPSA) is 74.7 Å². The van der Waals surface area contributed by atoms with Crippen molar-refractivity contribution in [3.05, 3.63) is 102 Å². The molecular formula is C33H41NO4S. The van der Waals surface area contributed by atoms with Gasteiger partial charge in [-0.15, -0.1) is 0 Å². The Bertz CT molecular complexity index is 1340. The van der Waals surface area contributed by atoms with Crippen LogP contribution in [0, 0.1) is 12.3 Å². The molecule has 0 spiro atoms. The monoisotopic (exact) mass is 547 g/mol. The van der Waals surface area contributed by atoms with E-state index in [1.165, 1.54) is 10.7 Å². The number of carboxylic acid groups (broad SMARTS) is 1. The summed E-state index contributed by atoms with van der Waals surface area (Å²) in [4.78, 5) is 13.9. The van der Waals surface area contributed by atoms with Crippen LogP contribution in [0.2, 0.25) is 0 Å². The molecule has 1 saturated heterocycles. The van der Waals surface area contributed by atoms with Gasteiger partial charge < -0.3 is 5.11 Å². The molecule has 0 saturated carbocycles. The number of hydrogen-bond acceptors (Lipinski definition) is 3. The van der Waals surface area contributed by atoms with Crippen LogP contribution in [0.3, 0.4) is 0 Å². The number of benzene rings is 3. The van der Waals surface area contributed by atoms with E-state index in [0.29, 0.717) is 12.0 Å². The highest BCUT2D eigenvalue weighted by Gasteiger charge is 2.64. The highest BCUT2D eigenvalue weighted by molar-refractivity contribution is 7.89. The Balaban J connectivity index is 1.96. The quantitative estimate of drug-likeness (QED) is 0.252. The molecule has 4 rings (SSSR count). The van der Waals surface area contributed by atoms with Crippen LogP contribution in [0.15, 0.2) is 89.8 Å². The molecule has 1 heterocycles. The first kappa shape index (κ1) is 29.0. The summed E-state index contributed by atoms with van der Waals surface area (Å²) in [5, 5.41) is 11.3. The summed E-state index contributed by atoms with van der Waals surface area (Å²) in [7, 11) is -4.15. The van der Waals surface area contributed by atoms with Crippen molar-refractivity contribution in [1.29, 1.82) is 0 Å². The Kier molecular flexibility index (Phi) is 8.97. The molecule has 5 nitrogen and oxygen atoms in total. The van der Waals surface area contributed by atoms with Gasteiger partial charge in [0.05, 0.1) is 4.90 Å². The van der Waals surface area contributed by atoms with Crippen molar-refractivity contribution in [3.8, 4) is 0 Å². The Morgan fingerprint density at radius 3 is 2.08 bits per heavy atom. The predicted molar refractivity (Wildman–Crippen MR) is 156 cm³/mol. The molecule has 0 radical (unpaired) electrons. The maximum absolute atomic E-state index is 14.4. The van der Waals surface area contributed by atoms with Crippen LogP contribution < -0.4 is 0 Å². The average molecular weight is 548 g/mol. The van der Waals surface area contributed by atoms with E-state index in [2.05, 4.69) is 13.8 Å². The minimum atomic E-state index is -4.15. The number of nitrogens with zero attached hydrogens (tertiary/aromatic N) is 1. The van der Waals surface area contributed by atoms with E-state index in [-0.39, 0.29) is 11.4 Å². The Morgan fingerprint density at radius 1 is 0.897 bits per heavy atom. The van der Waals surface area contributed by atoms with Gasteiger partial charge in [-0.1, -0.05) is 124 Å². The van der Waals surface area contributed by atoms with Crippen molar-refractivity contribution in [2.45, 2.75) is 82.1 Å². The fraction of sp³-hybridized carbons (Fsp3) is 0.424. The van der Waals surface area contributed by atoms with Crippen molar-refractivity contribution in [2.75, 3.05) is 6.54 Å². The van der Waals surface area contributed by atoms with E-state index in [1.807, 2.05) is 43.3 Å². The SMILES string of the molecule is CCCCCCCC1(C)CCN(S(=O)(=O)c2ccc(C)cc2)C(C(=O)O)(c2ccccc2)C1c1ccccc1. The van der Waals surface area contributed by atoms with Crippen LogP contribution in [0.25, 0.3) is 0 Å². The minimum Gasteiger partial charge on any atom is -0.480 e. The molecule has 3 aromatic carbocycles. The number of aryl methyl sites for hydroxylation is 1. The van der Waals surface area contributed by atoms with Gasteiger partial charge in [0.15, 0.2) is 5.54 Å². The molecule has 1 fully saturated rings. The zero-order valence-corrected chi connectivity index (χ0v) is 24.2. The molecule has 6 heteroatoms. The first-order valence-electron chi connectivity index (χ1n) is 14.1. The minimum absolute atomic E-state index is 0.115. The van der Waals surface area contributed by atoms with Crippen LogP contribution in [0.4, 0.5) is 0 Å². The number of carbonyl (C=O) groups is 1. The first-order valence-corrected chi connectivity index (χ1v) is 15.6. The molecule has 208 valence electrons. The third-order valence-corrected chi connectivity index (χ3v) is 10.4. The lowest BCUT2D eigenvalue weighted by Gasteiger charge is -2.56. The molecule has 1 aliphatic rings. The maximum Gasteiger partial charge on any atom is 0.330 e. The molecule has 39 heavy (non-hydrogen) atoms. The van der Waals surface area contributed by atoms with E-state index in [4.69, 9.17) is 0 Å². The normalized spacial score (nSPS) is 23.9. The van der Waals surface area contributed by atoms with E-state index in [0.717, 1.165) is 43.2 Å². The third kappa shape index (κ3) is 5.55. The lowest BCUT2D eigenvalue weighted by molar-refractivity contribution is -0.157. The number of sulfonamides is 1. The van der Waals surface area contributed by atoms with Gasteiger partial charge >= 0.3 is 5.97 Å². The molecule has 1 aliphatic heterocycles. The van der Waals surface area contributed by atoms with Crippen LogP contribution in [0.5, 0.6) is 0 Å². The fourth-order valence-corrected chi connectivity index (χ4v) is 8.25. The van der Waals surface area contributed by atoms with Crippen LogP contribution in [-0.4, -0.2) is 30.3 Å². The van der Waals surface area contributed by atoms with Gasteiger partial charge in [0.25, 0.3) is 0 Å². The van der Waals surface area contributed by atoms with E-state index in [9.17, 15) is 18.3 Å². The molecule has 0 bridgehead atoms. The summed E-state index contributed by atoms with van der Waals surface area (Å²) < 4.78 is 30.0. The van der Waals surface area contributed by atoms with Gasteiger partial charge in [-0.05, 0) is 48.4 Å². The van der Waals surface area contributed by atoms with E-state index in [1.54, 1.807) is 48.5 Å². The van der Waals surface area contributed by atoms with Gasteiger partial charge in [0.2, 0.25) is 10.0 Å². The Hall–Kier alpha value is -2.96. The summed E-state index contributed by atoms with van der Waals surface area (Å²) in [6.45, 7) is 6.39. The zero-order valence-electron chi connectivity index (χ0n) is 23.3. The molecule has 3 unspecified atom stereocenters. The Labute approximate surface area is 233 Å². The van der Waals surface area contributed by atoms with Crippen LogP contribution >= 0.6 is 0 Å². The summed E-state index contributed by atoms with van der Waals surface area (Å²) >= 11 is 0. The van der Waals surface area contributed by atoms with Crippen molar-refractivity contribution >= 4 is 16.0 Å². The molecule has 0 aromatic heterocycles. The van der Waals surface area contributed by atoms with Crippen molar-refractivity contribution in [3.63, 3.8) is 0 Å². The summed E-state index contributed by atoms with van der Waals surface area (Å²) in [5.74, 6) is -1.73. The third-order valence-electron chi connectivity index (χ3n) is 8.53. The van der Waals surface area contributed by atoms with Crippen molar-refractivity contribution in [2.24, 2.45) is 5.41 Å². The Morgan fingerprint density at radius 2 is 1.49 bits per heavy atom. The number of rotatable bonds is 11. The highest BCUT2D eigenvalue weighted by atomic mass is 32.2. The van der Waals surface area contributed by atoms with Crippen molar-refractivity contribution in [1.82, 2.24) is 4.31 Å². The van der Waals surface area contributed by atoms with Crippen LogP contribution in [0.1, 0.15) is 81.4 Å². The standard InChI is InChI=1S/C33H41NO4S/c1-4-5-6-7-14-23-32(3)24-25-34(39(37,38)29-21-19-26(2)20-22-29)33(31(35)36,28-17-12-9-13-18-28)30(32)27-15-10-8-11-16-27/h8-13,15-22,30H,4-7,14,23-25H2,1-3H3,(H,35,36). The second kappa shape index (κ2) is 12.1. The molecule has 0 aliphatic carbocycles. The molecule has 1 N–H and O–H groups in total. The van der Waals surface area contributed by atoms with E-state index >= 15 is 0 Å². The average Bonchev–Trinajstić information content (AvgIpc) is 2.93. The van der Waals surface area contributed by atoms with Crippen molar-refractivity contribution < 1.29 is 18.3 Å². The van der Waals surface area contributed by atoms with Crippen LogP contribution in [-0.2, 0) is 20.4 Å². The molecule has 3 atom stereocenters. The van der Waals surface area contributed by atoms with Gasteiger partial charge in [-0.3, -0.25) is 0 Å². The zero-order chi connectivity index (χ0) is 28.1. The summed E-state index contributed by atoms with van der Waals surface area (Å²) in [6, 6.07) is 25.4.